The fourth-order valence-corrected chi connectivity index (χ4v) is 5.50. The minimum atomic E-state index is -1.04. The Morgan fingerprint density at radius 3 is 2.20 bits per heavy atom. The highest BCUT2D eigenvalue weighted by molar-refractivity contribution is 5.87. The van der Waals surface area contributed by atoms with Crippen LogP contribution in [0.3, 0.4) is 0 Å². The Bertz CT molecular complexity index is 1480. The number of carbonyl (C=O) groups excluding carboxylic acids is 1. The van der Waals surface area contributed by atoms with Crippen molar-refractivity contribution in [2.24, 2.45) is 5.41 Å². The fraction of sp³-hybridized carbons (Fsp3) is 0.500. The molecule has 238 valence electrons. The van der Waals surface area contributed by atoms with Gasteiger partial charge in [0.05, 0.1) is 29.6 Å². The molecule has 0 radical (unpaired) electrons. The SMILES string of the molecule is Cc1[nH]c(=O)c(-c2ccc(OCCc3ccc(F)cc3)cc2)c(N2CCC(C)(C)CC2)c1[C@H](OC(C)(C)C)C(=O)OC(C)C. The maximum Gasteiger partial charge on any atom is 0.340 e. The lowest BCUT2D eigenvalue weighted by Crippen LogP contribution is -2.40. The van der Waals surface area contributed by atoms with Gasteiger partial charge in [-0.05, 0) is 95.2 Å². The molecular weight excluding hydrogens is 559 g/mol. The van der Waals surface area contributed by atoms with E-state index < -0.39 is 17.7 Å². The van der Waals surface area contributed by atoms with Gasteiger partial charge >= 0.3 is 5.97 Å². The molecule has 4 rings (SSSR count). The van der Waals surface area contributed by atoms with Crippen LogP contribution < -0.4 is 15.2 Å². The van der Waals surface area contributed by atoms with Crippen molar-refractivity contribution in [3.8, 4) is 16.9 Å². The van der Waals surface area contributed by atoms with Gasteiger partial charge in [0.2, 0.25) is 0 Å². The molecule has 1 aliphatic heterocycles. The predicted octanol–water partition coefficient (Wildman–Crippen LogP) is 7.55. The molecule has 0 unspecified atom stereocenters. The first-order chi connectivity index (χ1) is 20.6. The molecule has 2 aromatic carbocycles. The summed E-state index contributed by atoms with van der Waals surface area (Å²) in [6.45, 7) is 17.6. The van der Waals surface area contributed by atoms with Crippen molar-refractivity contribution in [3.05, 3.63) is 81.5 Å². The molecule has 1 aromatic heterocycles. The number of nitrogens with one attached hydrogen (secondary N) is 1. The molecule has 1 N–H and O–H groups in total. The van der Waals surface area contributed by atoms with Crippen molar-refractivity contribution >= 4 is 11.7 Å². The number of aromatic amines is 1. The zero-order chi connectivity index (χ0) is 32.2. The summed E-state index contributed by atoms with van der Waals surface area (Å²) in [7, 11) is 0. The zero-order valence-corrected chi connectivity index (χ0v) is 27.4. The maximum atomic E-state index is 13.8. The second kappa shape index (κ2) is 13.6. The Balaban J connectivity index is 1.76. The third-order valence-corrected chi connectivity index (χ3v) is 7.87. The Labute approximate surface area is 260 Å². The maximum absolute atomic E-state index is 13.8. The summed E-state index contributed by atoms with van der Waals surface area (Å²) in [5.41, 5.74) is 3.39. The molecule has 0 aliphatic carbocycles. The molecular formula is C36H47FN2O5. The van der Waals surface area contributed by atoms with Gasteiger partial charge in [0.15, 0.2) is 6.10 Å². The number of nitrogens with zero attached hydrogens (tertiary/aromatic N) is 1. The fourth-order valence-electron chi connectivity index (χ4n) is 5.50. The largest absolute Gasteiger partial charge is 0.493 e. The molecule has 0 spiro atoms. The monoisotopic (exact) mass is 606 g/mol. The van der Waals surface area contributed by atoms with E-state index in [1.807, 2.05) is 65.8 Å². The summed E-state index contributed by atoms with van der Waals surface area (Å²) in [5, 5.41) is 0. The van der Waals surface area contributed by atoms with Gasteiger partial charge < -0.3 is 24.1 Å². The van der Waals surface area contributed by atoms with Crippen LogP contribution in [0.25, 0.3) is 11.1 Å². The lowest BCUT2D eigenvalue weighted by Gasteiger charge is -2.41. The third kappa shape index (κ3) is 8.50. The normalized spacial score (nSPS) is 15.7. The molecule has 1 atom stereocenters. The van der Waals surface area contributed by atoms with E-state index in [4.69, 9.17) is 14.2 Å². The number of pyridine rings is 1. The summed E-state index contributed by atoms with van der Waals surface area (Å²) >= 11 is 0. The number of anilines is 1. The molecule has 3 aromatic rings. The van der Waals surface area contributed by atoms with Crippen molar-refractivity contribution in [3.63, 3.8) is 0 Å². The number of piperidine rings is 1. The number of H-pyrrole nitrogens is 1. The van der Waals surface area contributed by atoms with Crippen LogP contribution >= 0.6 is 0 Å². The first-order valence-corrected chi connectivity index (χ1v) is 15.5. The molecule has 7 nitrogen and oxygen atoms in total. The minimum absolute atomic E-state index is 0.178. The summed E-state index contributed by atoms with van der Waals surface area (Å²) in [4.78, 5) is 32.7. The number of benzene rings is 2. The van der Waals surface area contributed by atoms with Crippen LogP contribution in [-0.2, 0) is 20.7 Å². The topological polar surface area (TPSA) is 80.9 Å². The molecule has 0 bridgehead atoms. The number of aryl methyl sites for hydroxylation is 1. The molecule has 1 fully saturated rings. The van der Waals surface area contributed by atoms with Gasteiger partial charge in [-0.1, -0.05) is 38.1 Å². The van der Waals surface area contributed by atoms with Crippen LogP contribution in [0.15, 0.2) is 53.3 Å². The van der Waals surface area contributed by atoms with Crippen molar-refractivity contribution < 1.29 is 23.4 Å². The van der Waals surface area contributed by atoms with Gasteiger partial charge in [0.25, 0.3) is 5.56 Å². The smallest absolute Gasteiger partial charge is 0.340 e. The van der Waals surface area contributed by atoms with Crippen molar-refractivity contribution in [1.29, 1.82) is 0 Å². The van der Waals surface area contributed by atoms with E-state index >= 15 is 0 Å². The van der Waals surface area contributed by atoms with Crippen LogP contribution in [0.1, 0.15) is 84.2 Å². The average molecular weight is 607 g/mol. The molecule has 0 amide bonds. The van der Waals surface area contributed by atoms with Crippen molar-refractivity contribution in [1.82, 2.24) is 4.98 Å². The number of rotatable bonds is 10. The summed E-state index contributed by atoms with van der Waals surface area (Å²) in [6.07, 6.45) is 1.16. The van der Waals surface area contributed by atoms with E-state index in [-0.39, 0.29) is 22.9 Å². The second-order valence-electron chi connectivity index (χ2n) is 13.7. The van der Waals surface area contributed by atoms with Crippen molar-refractivity contribution in [2.45, 2.75) is 92.5 Å². The Morgan fingerprint density at radius 2 is 1.64 bits per heavy atom. The van der Waals surface area contributed by atoms with Crippen LogP contribution in [0.2, 0.25) is 0 Å². The highest BCUT2D eigenvalue weighted by Gasteiger charge is 2.37. The molecule has 2 heterocycles. The highest BCUT2D eigenvalue weighted by Crippen LogP contribution is 2.42. The van der Waals surface area contributed by atoms with Gasteiger partial charge in [-0.25, -0.2) is 9.18 Å². The number of aromatic nitrogens is 1. The quantitative estimate of drug-likeness (QED) is 0.240. The lowest BCUT2D eigenvalue weighted by molar-refractivity contribution is -0.171. The second-order valence-corrected chi connectivity index (χ2v) is 13.7. The Hall–Kier alpha value is -3.65. The molecule has 1 saturated heterocycles. The standard InChI is InChI=1S/C36H47FN2O5/c1-23(2)43-34(41)32(44-35(4,5)6)29-24(3)38-33(40)30(31(29)39-20-18-36(7,8)19-21-39)26-11-15-28(16-12-26)42-22-17-25-9-13-27(37)14-10-25/h9-16,23,32H,17-22H2,1-8H3,(H,38,40)/t32-/m0/s1. The van der Waals surface area contributed by atoms with Gasteiger partial charge in [-0.2, -0.15) is 0 Å². The van der Waals surface area contributed by atoms with Crippen molar-refractivity contribution in [2.75, 3.05) is 24.6 Å². The number of ether oxygens (including phenoxy) is 3. The lowest BCUT2D eigenvalue weighted by atomic mass is 9.82. The summed E-state index contributed by atoms with van der Waals surface area (Å²) in [5.74, 6) is -0.0879. The number of hydrogen-bond donors (Lipinski definition) is 1. The third-order valence-electron chi connectivity index (χ3n) is 7.87. The van der Waals surface area contributed by atoms with E-state index in [0.717, 1.165) is 31.5 Å². The molecule has 0 saturated carbocycles. The Kier molecular flexibility index (Phi) is 10.2. The van der Waals surface area contributed by atoms with Crippen LogP contribution in [0.4, 0.5) is 10.1 Å². The summed E-state index contributed by atoms with van der Waals surface area (Å²) < 4.78 is 31.3. The first-order valence-electron chi connectivity index (χ1n) is 15.5. The first kappa shape index (κ1) is 33.2. The number of carbonyl (C=O) groups is 1. The van der Waals surface area contributed by atoms with Gasteiger partial charge in [0, 0.05) is 30.8 Å². The zero-order valence-electron chi connectivity index (χ0n) is 27.4. The molecule has 1 aliphatic rings. The Morgan fingerprint density at radius 1 is 1.02 bits per heavy atom. The van der Waals surface area contributed by atoms with Gasteiger partial charge in [0.1, 0.15) is 11.6 Å². The van der Waals surface area contributed by atoms with E-state index in [1.54, 1.807) is 12.1 Å². The van der Waals surface area contributed by atoms with Crippen LogP contribution in [0, 0.1) is 18.2 Å². The van der Waals surface area contributed by atoms with Gasteiger partial charge in [-0.15, -0.1) is 0 Å². The van der Waals surface area contributed by atoms with Gasteiger partial charge in [-0.3, -0.25) is 4.79 Å². The highest BCUT2D eigenvalue weighted by atomic mass is 19.1. The van der Waals surface area contributed by atoms with Crippen LogP contribution in [-0.4, -0.2) is 42.4 Å². The molecule has 8 heteroatoms. The average Bonchev–Trinajstić information content (AvgIpc) is 2.92. The molecule has 44 heavy (non-hydrogen) atoms. The number of halogens is 1. The van der Waals surface area contributed by atoms with E-state index in [0.29, 0.717) is 46.8 Å². The minimum Gasteiger partial charge on any atom is -0.493 e. The summed E-state index contributed by atoms with van der Waals surface area (Å²) in [6, 6.07) is 13.8. The van der Waals surface area contributed by atoms with E-state index in [2.05, 4.69) is 23.7 Å². The van der Waals surface area contributed by atoms with E-state index in [1.165, 1.54) is 12.1 Å². The van der Waals surface area contributed by atoms with E-state index in [9.17, 15) is 14.0 Å². The van der Waals surface area contributed by atoms with Crippen LogP contribution in [0.5, 0.6) is 5.75 Å². The number of hydrogen-bond acceptors (Lipinski definition) is 6. The predicted molar refractivity (Wildman–Crippen MR) is 173 cm³/mol. The number of esters is 1.